The number of H-pyrrole nitrogens is 2. The quantitative estimate of drug-likeness (QED) is 0.761. The van der Waals surface area contributed by atoms with E-state index in [1.807, 2.05) is 29.2 Å². The molecule has 2 N–H and O–H groups in total. The van der Waals surface area contributed by atoms with E-state index in [0.29, 0.717) is 12.1 Å². The molecule has 0 aliphatic carbocycles. The SMILES string of the molecule is O=C(c1ccc(=O)[nH]c1)N1CCC[C@H]1c1nc2ccccc2[nH]1. The van der Waals surface area contributed by atoms with Crippen LogP contribution in [0.15, 0.2) is 47.4 Å². The summed E-state index contributed by atoms with van der Waals surface area (Å²) in [7, 11) is 0. The molecule has 0 radical (unpaired) electrons. The fourth-order valence-electron chi connectivity index (χ4n) is 3.13. The lowest BCUT2D eigenvalue weighted by molar-refractivity contribution is 0.0730. The number of para-hydroxylation sites is 2. The molecule has 1 amide bonds. The maximum Gasteiger partial charge on any atom is 0.255 e. The molecule has 1 aliphatic rings. The molecule has 0 bridgehead atoms. The predicted molar refractivity (Wildman–Crippen MR) is 86.2 cm³/mol. The first-order valence-electron chi connectivity index (χ1n) is 7.67. The summed E-state index contributed by atoms with van der Waals surface area (Å²) < 4.78 is 0. The number of aromatic nitrogens is 3. The predicted octanol–water partition coefficient (Wildman–Crippen LogP) is 2.23. The van der Waals surface area contributed by atoms with E-state index in [1.165, 1.54) is 12.3 Å². The smallest absolute Gasteiger partial charge is 0.255 e. The van der Waals surface area contributed by atoms with Crippen LogP contribution in [0.25, 0.3) is 11.0 Å². The third-order valence-electron chi connectivity index (χ3n) is 4.27. The van der Waals surface area contributed by atoms with Crippen LogP contribution in [0, 0.1) is 0 Å². The van der Waals surface area contributed by atoms with Gasteiger partial charge in [-0.25, -0.2) is 4.98 Å². The Hall–Kier alpha value is -2.89. The van der Waals surface area contributed by atoms with Gasteiger partial charge in [-0.1, -0.05) is 12.1 Å². The monoisotopic (exact) mass is 308 g/mol. The molecule has 6 heteroatoms. The minimum absolute atomic E-state index is 0.0539. The number of rotatable bonds is 2. The van der Waals surface area contributed by atoms with Gasteiger partial charge in [0.25, 0.3) is 5.91 Å². The van der Waals surface area contributed by atoms with E-state index in [4.69, 9.17) is 0 Å². The van der Waals surface area contributed by atoms with Crippen LogP contribution in [-0.2, 0) is 0 Å². The molecule has 1 fully saturated rings. The van der Waals surface area contributed by atoms with Crippen molar-refractivity contribution in [1.29, 1.82) is 0 Å². The van der Waals surface area contributed by atoms with Gasteiger partial charge in [0.2, 0.25) is 5.56 Å². The van der Waals surface area contributed by atoms with Gasteiger partial charge in [0, 0.05) is 18.8 Å². The Bertz CT molecular complexity index is 874. The number of likely N-dealkylation sites (tertiary alicyclic amines) is 1. The van der Waals surface area contributed by atoms with Crippen molar-refractivity contribution >= 4 is 16.9 Å². The first kappa shape index (κ1) is 13.8. The molecule has 0 spiro atoms. The number of aromatic amines is 2. The van der Waals surface area contributed by atoms with Gasteiger partial charge >= 0.3 is 0 Å². The van der Waals surface area contributed by atoms with Gasteiger partial charge in [-0.05, 0) is 31.0 Å². The number of nitrogens with one attached hydrogen (secondary N) is 2. The van der Waals surface area contributed by atoms with Crippen LogP contribution in [0.3, 0.4) is 0 Å². The van der Waals surface area contributed by atoms with Crippen LogP contribution >= 0.6 is 0 Å². The van der Waals surface area contributed by atoms with E-state index >= 15 is 0 Å². The molecule has 0 unspecified atom stereocenters. The van der Waals surface area contributed by atoms with Crippen LogP contribution in [0.4, 0.5) is 0 Å². The van der Waals surface area contributed by atoms with Crippen molar-refractivity contribution in [3.05, 3.63) is 64.3 Å². The minimum Gasteiger partial charge on any atom is -0.340 e. The van der Waals surface area contributed by atoms with Gasteiger partial charge < -0.3 is 14.9 Å². The molecule has 2 aromatic heterocycles. The highest BCUT2D eigenvalue weighted by Gasteiger charge is 2.32. The second-order valence-corrected chi connectivity index (χ2v) is 5.74. The lowest BCUT2D eigenvalue weighted by Crippen LogP contribution is -2.31. The van der Waals surface area contributed by atoms with Crippen molar-refractivity contribution in [3.63, 3.8) is 0 Å². The Labute approximate surface area is 132 Å². The third-order valence-corrected chi connectivity index (χ3v) is 4.27. The molecular formula is C17H16N4O2. The van der Waals surface area contributed by atoms with E-state index in [1.54, 1.807) is 6.07 Å². The number of benzene rings is 1. The summed E-state index contributed by atoms with van der Waals surface area (Å²) in [6, 6.07) is 10.7. The average Bonchev–Trinajstić information content (AvgIpc) is 3.21. The van der Waals surface area contributed by atoms with Gasteiger partial charge in [0.05, 0.1) is 22.6 Å². The maximum atomic E-state index is 12.7. The zero-order chi connectivity index (χ0) is 15.8. The van der Waals surface area contributed by atoms with Crippen LogP contribution in [0.5, 0.6) is 0 Å². The number of fused-ring (bicyclic) bond motifs is 1. The van der Waals surface area contributed by atoms with Crippen molar-refractivity contribution in [2.45, 2.75) is 18.9 Å². The highest BCUT2D eigenvalue weighted by molar-refractivity contribution is 5.94. The van der Waals surface area contributed by atoms with Crippen LogP contribution in [0.2, 0.25) is 0 Å². The minimum atomic E-state index is -0.211. The molecular weight excluding hydrogens is 292 g/mol. The second kappa shape index (κ2) is 5.39. The van der Waals surface area contributed by atoms with Crippen molar-refractivity contribution in [2.75, 3.05) is 6.54 Å². The molecule has 1 atom stereocenters. The summed E-state index contributed by atoms with van der Waals surface area (Å²) in [6.45, 7) is 0.694. The molecule has 3 heterocycles. The largest absolute Gasteiger partial charge is 0.340 e. The summed E-state index contributed by atoms with van der Waals surface area (Å²) in [5, 5.41) is 0. The molecule has 1 saturated heterocycles. The summed E-state index contributed by atoms with van der Waals surface area (Å²) in [4.78, 5) is 36.2. The van der Waals surface area contributed by atoms with Crippen LogP contribution in [-0.4, -0.2) is 32.3 Å². The number of imidazole rings is 1. The maximum absolute atomic E-state index is 12.7. The fourth-order valence-corrected chi connectivity index (χ4v) is 3.13. The molecule has 1 aromatic carbocycles. The standard InChI is InChI=1S/C17H16N4O2/c22-15-8-7-11(10-18-15)17(23)21-9-3-6-14(21)16-19-12-4-1-2-5-13(12)20-16/h1-2,4-5,7-8,10,14H,3,6,9H2,(H,18,22)(H,19,20)/t14-/m0/s1. The van der Waals surface area contributed by atoms with Crippen molar-refractivity contribution < 1.29 is 4.79 Å². The number of pyridine rings is 1. The highest BCUT2D eigenvalue weighted by Crippen LogP contribution is 2.32. The van der Waals surface area contributed by atoms with E-state index in [9.17, 15) is 9.59 Å². The van der Waals surface area contributed by atoms with Crippen LogP contribution in [0.1, 0.15) is 35.1 Å². The zero-order valence-corrected chi connectivity index (χ0v) is 12.5. The second-order valence-electron chi connectivity index (χ2n) is 5.74. The topological polar surface area (TPSA) is 81.8 Å². The van der Waals surface area contributed by atoms with Gasteiger partial charge in [0.15, 0.2) is 0 Å². The number of hydrogen-bond acceptors (Lipinski definition) is 3. The third kappa shape index (κ3) is 2.42. The van der Waals surface area contributed by atoms with Gasteiger partial charge in [-0.3, -0.25) is 9.59 Å². The fraction of sp³-hybridized carbons (Fsp3) is 0.235. The Kier molecular flexibility index (Phi) is 3.22. The lowest BCUT2D eigenvalue weighted by atomic mass is 10.2. The number of carbonyl (C=O) groups excluding carboxylic acids is 1. The molecule has 6 nitrogen and oxygen atoms in total. The molecule has 0 saturated carbocycles. The Morgan fingerprint density at radius 1 is 1.22 bits per heavy atom. The Morgan fingerprint density at radius 2 is 2.09 bits per heavy atom. The van der Waals surface area contributed by atoms with E-state index in [2.05, 4.69) is 15.0 Å². The van der Waals surface area contributed by atoms with E-state index in [0.717, 1.165) is 29.7 Å². The highest BCUT2D eigenvalue weighted by atomic mass is 16.2. The van der Waals surface area contributed by atoms with Gasteiger partial charge in [0.1, 0.15) is 5.82 Å². The first-order valence-corrected chi connectivity index (χ1v) is 7.67. The number of amides is 1. The Balaban J connectivity index is 1.67. The normalized spacial score (nSPS) is 17.7. The molecule has 23 heavy (non-hydrogen) atoms. The molecule has 3 aromatic rings. The lowest BCUT2D eigenvalue weighted by Gasteiger charge is -2.23. The molecule has 4 rings (SSSR count). The van der Waals surface area contributed by atoms with E-state index in [-0.39, 0.29) is 17.5 Å². The van der Waals surface area contributed by atoms with Crippen molar-refractivity contribution in [3.8, 4) is 0 Å². The van der Waals surface area contributed by atoms with Crippen molar-refractivity contribution in [2.24, 2.45) is 0 Å². The van der Waals surface area contributed by atoms with Crippen LogP contribution < -0.4 is 5.56 Å². The van der Waals surface area contributed by atoms with Gasteiger partial charge in [-0.2, -0.15) is 0 Å². The zero-order valence-electron chi connectivity index (χ0n) is 12.5. The summed E-state index contributed by atoms with van der Waals surface area (Å²) in [6.07, 6.45) is 3.30. The number of hydrogen-bond donors (Lipinski definition) is 2. The number of carbonyl (C=O) groups is 1. The van der Waals surface area contributed by atoms with Crippen molar-refractivity contribution in [1.82, 2.24) is 19.9 Å². The van der Waals surface area contributed by atoms with E-state index < -0.39 is 0 Å². The molecule has 116 valence electrons. The molecule has 1 aliphatic heterocycles. The average molecular weight is 308 g/mol. The van der Waals surface area contributed by atoms with Gasteiger partial charge in [-0.15, -0.1) is 0 Å². The summed E-state index contributed by atoms with van der Waals surface area (Å²) in [5.74, 6) is 0.741. The summed E-state index contributed by atoms with van der Waals surface area (Å²) >= 11 is 0. The summed E-state index contributed by atoms with van der Waals surface area (Å²) in [5.41, 5.74) is 2.17. The Morgan fingerprint density at radius 3 is 2.87 bits per heavy atom. The number of nitrogens with zero attached hydrogens (tertiary/aromatic N) is 2. The first-order chi connectivity index (χ1) is 11.2.